The highest BCUT2D eigenvalue weighted by Crippen LogP contribution is 2.46. The summed E-state index contributed by atoms with van der Waals surface area (Å²) in [5.74, 6) is 0.799. The molecule has 0 unspecified atom stereocenters. The summed E-state index contributed by atoms with van der Waals surface area (Å²) in [6, 6.07) is 0. The second kappa shape index (κ2) is 7.81. The van der Waals surface area contributed by atoms with Gasteiger partial charge in [-0.05, 0) is 43.3 Å². The molecule has 1 aliphatic rings. The molecular weight excluding hydrogens is 216 g/mol. The van der Waals surface area contributed by atoms with E-state index in [9.17, 15) is 0 Å². The van der Waals surface area contributed by atoms with Gasteiger partial charge in [-0.1, -0.05) is 65.0 Å². The first-order valence-electron chi connectivity index (χ1n) is 8.19. The first-order chi connectivity index (χ1) is 8.74. The van der Waals surface area contributed by atoms with Gasteiger partial charge in [0.15, 0.2) is 0 Å². The molecule has 0 nitrogen and oxygen atoms in total. The van der Waals surface area contributed by atoms with Crippen LogP contribution in [0.3, 0.4) is 0 Å². The molecule has 1 rings (SSSR count). The Morgan fingerprint density at radius 2 is 1.11 bits per heavy atom. The fourth-order valence-electron chi connectivity index (χ4n) is 3.70. The highest BCUT2D eigenvalue weighted by Gasteiger charge is 2.29. The van der Waals surface area contributed by atoms with Crippen molar-refractivity contribution in [2.45, 2.75) is 86.0 Å². The largest absolute Gasteiger partial charge is 0.0653 e. The van der Waals surface area contributed by atoms with Gasteiger partial charge in [-0.25, -0.2) is 0 Å². The van der Waals surface area contributed by atoms with Crippen molar-refractivity contribution in [1.29, 1.82) is 0 Å². The van der Waals surface area contributed by atoms with Crippen LogP contribution in [-0.4, -0.2) is 0 Å². The average molecular weight is 248 g/mol. The molecule has 18 heavy (non-hydrogen) atoms. The quantitative estimate of drug-likeness (QED) is 0.464. The van der Waals surface area contributed by atoms with Gasteiger partial charge < -0.3 is 0 Å². The van der Waals surface area contributed by atoms with Gasteiger partial charge >= 0.3 is 0 Å². The van der Waals surface area contributed by atoms with Crippen molar-refractivity contribution >= 4 is 0 Å². The van der Waals surface area contributed by atoms with Gasteiger partial charge in [-0.15, -0.1) is 0 Å². The van der Waals surface area contributed by atoms with E-state index in [-0.39, 0.29) is 0 Å². The van der Waals surface area contributed by atoms with Gasteiger partial charge in [0.25, 0.3) is 0 Å². The first kappa shape index (κ1) is 15.5. The zero-order chi connectivity index (χ0) is 13.5. The highest BCUT2D eigenvalue weighted by molar-refractivity contribution is 5.49. The third kappa shape index (κ3) is 3.08. The van der Waals surface area contributed by atoms with Crippen molar-refractivity contribution in [2.75, 3.05) is 0 Å². The summed E-state index contributed by atoms with van der Waals surface area (Å²) in [6.07, 6.45) is 10.4. The second-order valence-corrected chi connectivity index (χ2v) is 5.56. The zero-order valence-corrected chi connectivity index (χ0v) is 13.2. The van der Waals surface area contributed by atoms with Crippen molar-refractivity contribution in [2.24, 2.45) is 5.92 Å². The Kier molecular flexibility index (Phi) is 6.75. The van der Waals surface area contributed by atoms with E-state index in [4.69, 9.17) is 0 Å². The molecule has 104 valence electrons. The van der Waals surface area contributed by atoms with Crippen LogP contribution < -0.4 is 0 Å². The van der Waals surface area contributed by atoms with Crippen LogP contribution in [0.25, 0.3) is 0 Å². The Bertz CT molecular complexity index is 287. The van der Waals surface area contributed by atoms with Crippen LogP contribution in [-0.2, 0) is 0 Å². The van der Waals surface area contributed by atoms with Crippen molar-refractivity contribution in [3.8, 4) is 0 Å². The third-order valence-corrected chi connectivity index (χ3v) is 4.32. The van der Waals surface area contributed by atoms with E-state index >= 15 is 0 Å². The number of hydrogen-bond donors (Lipinski definition) is 0. The Hall–Kier alpha value is -0.520. The van der Waals surface area contributed by atoms with Gasteiger partial charge in [0.2, 0.25) is 0 Å². The van der Waals surface area contributed by atoms with E-state index in [1.807, 2.05) is 0 Å². The lowest BCUT2D eigenvalue weighted by Crippen LogP contribution is -2.04. The molecule has 0 radical (unpaired) electrons. The van der Waals surface area contributed by atoms with Crippen molar-refractivity contribution < 1.29 is 0 Å². The normalized spacial score (nSPS) is 17.2. The van der Waals surface area contributed by atoms with Gasteiger partial charge in [-0.3, -0.25) is 0 Å². The second-order valence-electron chi connectivity index (χ2n) is 5.56. The summed E-state index contributed by atoms with van der Waals surface area (Å²) in [7, 11) is 0. The lowest BCUT2D eigenvalue weighted by molar-refractivity contribution is 0.600. The van der Waals surface area contributed by atoms with E-state index in [0.717, 1.165) is 5.92 Å². The molecule has 0 heteroatoms. The lowest BCUT2D eigenvalue weighted by atomic mass is 9.87. The number of allylic oxidation sites excluding steroid dienone is 4. The molecule has 0 aromatic carbocycles. The van der Waals surface area contributed by atoms with Crippen LogP contribution >= 0.6 is 0 Å². The fraction of sp³-hybridized carbons (Fsp3) is 0.778. The fourth-order valence-corrected chi connectivity index (χ4v) is 3.70. The van der Waals surface area contributed by atoms with Crippen LogP contribution in [0.15, 0.2) is 22.3 Å². The Labute approximate surface area is 115 Å². The molecule has 0 fully saturated rings. The van der Waals surface area contributed by atoms with Crippen molar-refractivity contribution in [1.82, 2.24) is 0 Å². The minimum Gasteiger partial charge on any atom is -0.0653 e. The molecule has 0 amide bonds. The molecule has 0 atom stereocenters. The van der Waals surface area contributed by atoms with Crippen LogP contribution in [0.2, 0.25) is 0 Å². The van der Waals surface area contributed by atoms with Gasteiger partial charge in [0, 0.05) is 5.92 Å². The van der Waals surface area contributed by atoms with Crippen molar-refractivity contribution in [3.63, 3.8) is 0 Å². The standard InChI is InChI=1S/C18H32/c1-6-11-16-14(9-4)17(12-7-2)18(13-8-3)15(16)10-5/h16H,6-13H2,1-5H3. The van der Waals surface area contributed by atoms with Crippen LogP contribution in [0.4, 0.5) is 0 Å². The molecular formula is C18H32. The molecule has 0 N–H and O–H groups in total. The van der Waals surface area contributed by atoms with Crippen LogP contribution in [0, 0.1) is 5.92 Å². The molecule has 0 saturated heterocycles. The molecule has 0 aliphatic heterocycles. The maximum Gasteiger partial charge on any atom is 0.00185 e. The minimum absolute atomic E-state index is 0.799. The molecule has 0 aromatic heterocycles. The predicted octanol–water partition coefficient (Wildman–Crippen LogP) is 6.43. The summed E-state index contributed by atoms with van der Waals surface area (Å²) in [6.45, 7) is 11.7. The highest BCUT2D eigenvalue weighted by atomic mass is 14.3. The zero-order valence-electron chi connectivity index (χ0n) is 13.2. The summed E-state index contributed by atoms with van der Waals surface area (Å²) < 4.78 is 0. The van der Waals surface area contributed by atoms with E-state index in [1.54, 1.807) is 22.3 Å². The number of hydrogen-bond acceptors (Lipinski definition) is 0. The van der Waals surface area contributed by atoms with Crippen LogP contribution in [0.1, 0.15) is 86.0 Å². The summed E-state index contributed by atoms with van der Waals surface area (Å²) in [5, 5.41) is 0. The maximum absolute atomic E-state index is 2.36. The molecule has 0 saturated carbocycles. The average Bonchev–Trinajstić information content (AvgIpc) is 2.64. The van der Waals surface area contributed by atoms with E-state index in [2.05, 4.69) is 34.6 Å². The minimum atomic E-state index is 0.799. The third-order valence-electron chi connectivity index (χ3n) is 4.32. The molecule has 0 heterocycles. The predicted molar refractivity (Wildman–Crippen MR) is 82.8 cm³/mol. The lowest BCUT2D eigenvalue weighted by Gasteiger charge is -2.17. The van der Waals surface area contributed by atoms with Crippen molar-refractivity contribution in [3.05, 3.63) is 22.3 Å². The Morgan fingerprint density at radius 3 is 1.39 bits per heavy atom. The van der Waals surface area contributed by atoms with Crippen LogP contribution in [0.5, 0.6) is 0 Å². The van der Waals surface area contributed by atoms with Gasteiger partial charge in [0.05, 0.1) is 0 Å². The van der Waals surface area contributed by atoms with E-state index in [0.29, 0.717) is 0 Å². The SMILES string of the molecule is CCCC1=C(CC)C(CCC)C(CC)=C1CCC. The maximum atomic E-state index is 2.36. The smallest absolute Gasteiger partial charge is 0.00185 e. The Balaban J connectivity index is 3.15. The first-order valence-corrected chi connectivity index (χ1v) is 8.19. The molecule has 0 aromatic rings. The molecule has 0 bridgehead atoms. The van der Waals surface area contributed by atoms with Gasteiger partial charge in [0.1, 0.15) is 0 Å². The summed E-state index contributed by atoms with van der Waals surface area (Å²) in [4.78, 5) is 0. The number of rotatable bonds is 8. The van der Waals surface area contributed by atoms with E-state index < -0.39 is 0 Å². The monoisotopic (exact) mass is 248 g/mol. The summed E-state index contributed by atoms with van der Waals surface area (Å²) in [5.41, 5.74) is 7.10. The molecule has 1 aliphatic carbocycles. The summed E-state index contributed by atoms with van der Waals surface area (Å²) >= 11 is 0. The van der Waals surface area contributed by atoms with E-state index in [1.165, 1.54) is 51.4 Å². The van der Waals surface area contributed by atoms with Gasteiger partial charge in [-0.2, -0.15) is 0 Å². The molecule has 0 spiro atoms. The topological polar surface area (TPSA) is 0 Å². The Morgan fingerprint density at radius 1 is 0.667 bits per heavy atom.